The van der Waals surface area contributed by atoms with E-state index < -0.39 is 36.1 Å². The average molecular weight is 390 g/mol. The zero-order chi connectivity index (χ0) is 20.8. The Morgan fingerprint density at radius 1 is 1.25 bits per heavy atom. The zero-order valence-corrected chi connectivity index (χ0v) is 15.6. The Labute approximate surface area is 161 Å². The third kappa shape index (κ3) is 5.83. The van der Waals surface area contributed by atoms with Crippen LogP contribution in [-0.2, 0) is 4.79 Å². The summed E-state index contributed by atoms with van der Waals surface area (Å²) in [4.78, 5) is 29.3. The van der Waals surface area contributed by atoms with Crippen molar-refractivity contribution in [2.24, 2.45) is 0 Å². The summed E-state index contributed by atoms with van der Waals surface area (Å²) in [5.41, 5.74) is 1.47. The second-order valence-corrected chi connectivity index (χ2v) is 6.79. The summed E-state index contributed by atoms with van der Waals surface area (Å²) >= 11 is 0. The first kappa shape index (κ1) is 21.5. The molecular formula is C20H23FN2O5. The highest BCUT2D eigenvalue weighted by atomic mass is 19.1. The van der Waals surface area contributed by atoms with Crippen LogP contribution in [0, 0.1) is 5.82 Å². The molecule has 0 unspecified atom stereocenters. The fourth-order valence-corrected chi connectivity index (χ4v) is 2.80. The van der Waals surface area contributed by atoms with Crippen molar-refractivity contribution in [1.29, 1.82) is 0 Å². The van der Waals surface area contributed by atoms with E-state index in [0.717, 1.165) is 0 Å². The molecule has 0 fully saturated rings. The normalized spacial score (nSPS) is 13.8. The quantitative estimate of drug-likeness (QED) is 0.548. The number of aliphatic hydroxyl groups excluding tert-OH is 2. The Hall–Kier alpha value is -2.84. The number of rotatable bonds is 8. The molecule has 1 aromatic carbocycles. The lowest BCUT2D eigenvalue weighted by atomic mass is 9.97. The van der Waals surface area contributed by atoms with Crippen LogP contribution < -0.4 is 5.69 Å². The van der Waals surface area contributed by atoms with E-state index in [-0.39, 0.29) is 12.3 Å². The van der Waals surface area contributed by atoms with Crippen molar-refractivity contribution in [3.63, 3.8) is 0 Å². The molecule has 0 radical (unpaired) electrons. The first-order valence-corrected chi connectivity index (χ1v) is 8.83. The van der Waals surface area contributed by atoms with E-state index in [4.69, 9.17) is 5.11 Å². The number of aromatic nitrogens is 2. The maximum absolute atomic E-state index is 13.3. The van der Waals surface area contributed by atoms with Crippen LogP contribution in [0.3, 0.4) is 0 Å². The highest BCUT2D eigenvalue weighted by Gasteiger charge is 2.17. The van der Waals surface area contributed by atoms with E-state index in [0.29, 0.717) is 22.5 Å². The number of carbonyl (C=O) groups is 1. The molecule has 28 heavy (non-hydrogen) atoms. The lowest BCUT2D eigenvalue weighted by molar-refractivity contribution is -0.139. The Balaban J connectivity index is 2.42. The van der Waals surface area contributed by atoms with Gasteiger partial charge in [0.05, 0.1) is 24.3 Å². The van der Waals surface area contributed by atoms with Crippen molar-refractivity contribution in [3.8, 4) is 11.3 Å². The summed E-state index contributed by atoms with van der Waals surface area (Å²) in [6, 6.07) is 5.53. The standard InChI is InChI=1S/C20H23FN2O5/c1-11(2)18-16(8-7-14(24)9-15(25)10-17(26)27)19(23-20(28)22-18)12-3-5-13(21)6-4-12/h3-8,11,14-15,24-25H,9-10H2,1-2H3,(H,26,27)(H,22,23,28)/t14-,15-/m1/s1. The van der Waals surface area contributed by atoms with Gasteiger partial charge in [-0.05, 0) is 30.2 Å². The molecule has 0 bridgehead atoms. The molecule has 0 spiro atoms. The van der Waals surface area contributed by atoms with E-state index in [9.17, 15) is 24.2 Å². The van der Waals surface area contributed by atoms with Gasteiger partial charge in [-0.1, -0.05) is 26.0 Å². The third-order valence-electron chi connectivity index (χ3n) is 4.10. The number of aromatic amines is 1. The van der Waals surface area contributed by atoms with Crippen LogP contribution in [0.15, 0.2) is 35.1 Å². The first-order valence-electron chi connectivity index (χ1n) is 8.83. The minimum absolute atomic E-state index is 0.0655. The molecule has 0 aliphatic carbocycles. The first-order chi connectivity index (χ1) is 13.2. The minimum atomic E-state index is -1.19. The van der Waals surface area contributed by atoms with Gasteiger partial charge in [-0.3, -0.25) is 4.79 Å². The van der Waals surface area contributed by atoms with Gasteiger partial charge in [0.25, 0.3) is 0 Å². The van der Waals surface area contributed by atoms with E-state index in [1.807, 2.05) is 13.8 Å². The molecule has 0 saturated carbocycles. The molecule has 1 aromatic heterocycles. The molecular weight excluding hydrogens is 367 g/mol. The number of aliphatic hydroxyl groups is 2. The summed E-state index contributed by atoms with van der Waals surface area (Å²) in [6.07, 6.45) is 0.0643. The molecule has 8 heteroatoms. The van der Waals surface area contributed by atoms with Gasteiger partial charge in [0.1, 0.15) is 5.82 Å². The number of hydrogen-bond donors (Lipinski definition) is 4. The Kier molecular flexibility index (Phi) is 7.19. The molecule has 2 atom stereocenters. The van der Waals surface area contributed by atoms with Gasteiger partial charge in [0.15, 0.2) is 0 Å². The highest BCUT2D eigenvalue weighted by molar-refractivity contribution is 5.73. The van der Waals surface area contributed by atoms with Gasteiger partial charge >= 0.3 is 11.7 Å². The fraction of sp³-hybridized carbons (Fsp3) is 0.350. The fourth-order valence-electron chi connectivity index (χ4n) is 2.80. The van der Waals surface area contributed by atoms with Crippen molar-refractivity contribution in [2.75, 3.05) is 0 Å². The number of hydrogen-bond acceptors (Lipinski definition) is 5. The predicted molar refractivity (Wildman–Crippen MR) is 102 cm³/mol. The van der Waals surface area contributed by atoms with Crippen molar-refractivity contribution < 1.29 is 24.5 Å². The molecule has 0 aliphatic heterocycles. The number of carboxylic acids is 1. The molecule has 2 aromatic rings. The molecule has 0 saturated heterocycles. The van der Waals surface area contributed by atoms with Gasteiger partial charge in [-0.25, -0.2) is 9.18 Å². The van der Waals surface area contributed by atoms with Crippen LogP contribution in [0.2, 0.25) is 0 Å². The molecule has 1 heterocycles. The van der Waals surface area contributed by atoms with Crippen molar-refractivity contribution in [1.82, 2.24) is 9.97 Å². The average Bonchev–Trinajstić information content (AvgIpc) is 2.59. The zero-order valence-electron chi connectivity index (χ0n) is 15.6. The Bertz CT molecular complexity index is 906. The number of nitrogens with one attached hydrogen (secondary N) is 1. The highest BCUT2D eigenvalue weighted by Crippen LogP contribution is 2.27. The summed E-state index contributed by atoms with van der Waals surface area (Å²) in [5.74, 6) is -1.64. The number of H-pyrrole nitrogens is 1. The summed E-state index contributed by atoms with van der Waals surface area (Å²) < 4.78 is 13.3. The second-order valence-electron chi connectivity index (χ2n) is 6.79. The van der Waals surface area contributed by atoms with Crippen molar-refractivity contribution >= 4 is 12.0 Å². The predicted octanol–water partition coefficient (Wildman–Crippen LogP) is 2.30. The summed E-state index contributed by atoms with van der Waals surface area (Å²) in [5, 5.41) is 28.4. The van der Waals surface area contributed by atoms with Gasteiger partial charge in [0, 0.05) is 23.2 Å². The maximum Gasteiger partial charge on any atom is 0.345 e. The molecule has 150 valence electrons. The number of benzene rings is 1. The van der Waals surface area contributed by atoms with Gasteiger partial charge in [0.2, 0.25) is 0 Å². The topological polar surface area (TPSA) is 124 Å². The summed E-state index contributed by atoms with van der Waals surface area (Å²) in [7, 11) is 0. The molecule has 0 amide bonds. The monoisotopic (exact) mass is 390 g/mol. The second kappa shape index (κ2) is 9.38. The van der Waals surface area contributed by atoms with Crippen LogP contribution in [0.5, 0.6) is 0 Å². The minimum Gasteiger partial charge on any atom is -0.481 e. The third-order valence-corrected chi connectivity index (χ3v) is 4.10. The van der Waals surface area contributed by atoms with Crippen LogP contribution in [0.25, 0.3) is 17.3 Å². The van der Waals surface area contributed by atoms with Crippen LogP contribution in [0.4, 0.5) is 4.39 Å². The van der Waals surface area contributed by atoms with E-state index in [2.05, 4.69) is 9.97 Å². The summed E-state index contributed by atoms with van der Waals surface area (Å²) in [6.45, 7) is 3.76. The molecule has 2 rings (SSSR count). The largest absolute Gasteiger partial charge is 0.481 e. The van der Waals surface area contributed by atoms with E-state index in [1.165, 1.54) is 30.3 Å². The van der Waals surface area contributed by atoms with Crippen LogP contribution in [0.1, 0.15) is 43.9 Å². The van der Waals surface area contributed by atoms with Gasteiger partial charge < -0.3 is 20.3 Å². The van der Waals surface area contributed by atoms with E-state index in [1.54, 1.807) is 6.08 Å². The van der Waals surface area contributed by atoms with Crippen molar-refractivity contribution in [2.45, 2.75) is 44.8 Å². The molecule has 4 N–H and O–H groups in total. The smallest absolute Gasteiger partial charge is 0.345 e. The van der Waals surface area contributed by atoms with Gasteiger partial charge in [-0.2, -0.15) is 4.98 Å². The van der Waals surface area contributed by atoms with Crippen LogP contribution >= 0.6 is 0 Å². The lowest BCUT2D eigenvalue weighted by Crippen LogP contribution is -2.19. The van der Waals surface area contributed by atoms with Crippen LogP contribution in [-0.4, -0.2) is 43.5 Å². The molecule has 7 nitrogen and oxygen atoms in total. The number of nitrogens with zero attached hydrogens (tertiary/aromatic N) is 1. The Morgan fingerprint density at radius 3 is 2.46 bits per heavy atom. The van der Waals surface area contributed by atoms with Gasteiger partial charge in [-0.15, -0.1) is 0 Å². The lowest BCUT2D eigenvalue weighted by Gasteiger charge is -2.15. The maximum atomic E-state index is 13.3. The van der Waals surface area contributed by atoms with Crippen molar-refractivity contribution in [3.05, 3.63) is 57.9 Å². The number of aliphatic carboxylic acids is 1. The van der Waals surface area contributed by atoms with E-state index >= 15 is 0 Å². The Morgan fingerprint density at radius 2 is 1.89 bits per heavy atom. The number of carboxylic acid groups (broad SMARTS) is 1. The molecule has 0 aliphatic rings. The number of halogens is 1. The SMILES string of the molecule is CC(C)c1[nH]c(=O)nc(-c2ccc(F)cc2)c1C=C[C@@H](O)C[C@@H](O)CC(=O)O.